The predicted octanol–water partition coefficient (Wildman–Crippen LogP) is 4.98. The highest BCUT2D eigenvalue weighted by Gasteiger charge is 2.12. The van der Waals surface area contributed by atoms with Crippen LogP contribution in [-0.4, -0.2) is 0 Å². The van der Waals surface area contributed by atoms with Gasteiger partial charge >= 0.3 is 0 Å². The predicted molar refractivity (Wildman–Crippen MR) is 91.0 cm³/mol. The SMILES string of the molecule is N#Cc1cc(F)c(Nc2ccccc2-c2ccccc2)cc1C#N. The molecular weight excluding hydrogens is 301 g/mol. The van der Waals surface area contributed by atoms with Crippen molar-refractivity contribution in [3.63, 3.8) is 0 Å². The van der Waals surface area contributed by atoms with Crippen molar-refractivity contribution in [1.82, 2.24) is 0 Å². The largest absolute Gasteiger partial charge is 0.353 e. The highest BCUT2D eigenvalue weighted by atomic mass is 19.1. The fourth-order valence-corrected chi connectivity index (χ4v) is 2.46. The maximum absolute atomic E-state index is 14.3. The quantitative estimate of drug-likeness (QED) is 0.742. The summed E-state index contributed by atoms with van der Waals surface area (Å²) in [6.45, 7) is 0. The smallest absolute Gasteiger partial charge is 0.148 e. The number of rotatable bonds is 3. The Morgan fingerprint density at radius 1 is 0.750 bits per heavy atom. The van der Waals surface area contributed by atoms with Gasteiger partial charge in [0.1, 0.15) is 18.0 Å². The van der Waals surface area contributed by atoms with E-state index in [-0.39, 0.29) is 16.8 Å². The van der Waals surface area contributed by atoms with Crippen LogP contribution in [0.5, 0.6) is 0 Å². The van der Waals surface area contributed by atoms with E-state index in [1.165, 1.54) is 6.07 Å². The van der Waals surface area contributed by atoms with Crippen molar-refractivity contribution in [2.45, 2.75) is 0 Å². The number of nitrogens with zero attached hydrogens (tertiary/aromatic N) is 2. The lowest BCUT2D eigenvalue weighted by atomic mass is 10.0. The van der Waals surface area contributed by atoms with Crippen molar-refractivity contribution in [3.8, 4) is 23.3 Å². The summed E-state index contributed by atoms with van der Waals surface area (Å²) in [5.41, 5.74) is 2.95. The summed E-state index contributed by atoms with van der Waals surface area (Å²) < 4.78 is 14.3. The summed E-state index contributed by atoms with van der Waals surface area (Å²) in [6.07, 6.45) is 0. The molecule has 1 N–H and O–H groups in total. The molecule has 3 aromatic carbocycles. The molecule has 0 radical (unpaired) electrons. The molecule has 0 spiro atoms. The number of benzene rings is 3. The molecule has 0 bridgehead atoms. The van der Waals surface area contributed by atoms with Crippen LogP contribution in [0.4, 0.5) is 15.8 Å². The monoisotopic (exact) mass is 313 g/mol. The second kappa shape index (κ2) is 6.64. The fraction of sp³-hybridized carbons (Fsp3) is 0. The van der Waals surface area contributed by atoms with Gasteiger partial charge in [-0.25, -0.2) is 4.39 Å². The third-order valence-corrected chi connectivity index (χ3v) is 3.63. The van der Waals surface area contributed by atoms with E-state index in [9.17, 15) is 4.39 Å². The maximum Gasteiger partial charge on any atom is 0.148 e. The second-order valence-corrected chi connectivity index (χ2v) is 5.14. The van der Waals surface area contributed by atoms with E-state index in [2.05, 4.69) is 5.32 Å². The van der Waals surface area contributed by atoms with Gasteiger partial charge in [-0.3, -0.25) is 0 Å². The van der Waals surface area contributed by atoms with Gasteiger partial charge in [-0.2, -0.15) is 10.5 Å². The topological polar surface area (TPSA) is 59.6 Å². The van der Waals surface area contributed by atoms with Gasteiger partial charge in [-0.05, 0) is 23.8 Å². The molecule has 3 aromatic rings. The van der Waals surface area contributed by atoms with Crippen LogP contribution in [0.15, 0.2) is 66.7 Å². The zero-order valence-electron chi connectivity index (χ0n) is 12.6. The van der Waals surface area contributed by atoms with E-state index in [1.54, 1.807) is 0 Å². The van der Waals surface area contributed by atoms with Crippen LogP contribution in [0.2, 0.25) is 0 Å². The first-order valence-corrected chi connectivity index (χ1v) is 7.28. The highest BCUT2D eigenvalue weighted by molar-refractivity contribution is 5.81. The molecule has 3 rings (SSSR count). The molecule has 4 heteroatoms. The summed E-state index contributed by atoms with van der Waals surface area (Å²) >= 11 is 0. The third-order valence-electron chi connectivity index (χ3n) is 3.63. The number of nitrogens with one attached hydrogen (secondary N) is 1. The van der Waals surface area contributed by atoms with Crippen molar-refractivity contribution in [1.29, 1.82) is 10.5 Å². The highest BCUT2D eigenvalue weighted by Crippen LogP contribution is 2.31. The normalized spacial score (nSPS) is 9.79. The molecule has 0 saturated carbocycles. The summed E-state index contributed by atoms with van der Waals surface area (Å²) in [5, 5.41) is 21.1. The summed E-state index contributed by atoms with van der Waals surface area (Å²) in [5.74, 6) is -0.576. The standard InChI is InChI=1S/C20H12FN3/c21-18-10-15(12-22)16(13-23)11-20(18)24-19-9-5-4-8-17(19)14-6-2-1-3-7-14/h1-11,24H. The van der Waals surface area contributed by atoms with Crippen LogP contribution in [0.25, 0.3) is 11.1 Å². The minimum Gasteiger partial charge on any atom is -0.353 e. The molecule has 0 aliphatic heterocycles. The molecule has 0 amide bonds. The summed E-state index contributed by atoms with van der Waals surface area (Å²) in [7, 11) is 0. The molecule has 0 aliphatic rings. The van der Waals surface area contributed by atoms with Crippen LogP contribution in [0.3, 0.4) is 0 Å². The molecular formula is C20H12FN3. The van der Waals surface area contributed by atoms with Crippen molar-refractivity contribution in [2.24, 2.45) is 0 Å². The third kappa shape index (κ3) is 2.95. The van der Waals surface area contributed by atoms with E-state index in [0.29, 0.717) is 0 Å². The summed E-state index contributed by atoms with van der Waals surface area (Å²) in [6, 6.07) is 23.4. The Bertz CT molecular complexity index is 966. The van der Waals surface area contributed by atoms with Gasteiger partial charge < -0.3 is 5.32 Å². The number of hydrogen-bond acceptors (Lipinski definition) is 3. The van der Waals surface area contributed by atoms with Gasteiger partial charge in [0, 0.05) is 11.3 Å². The lowest BCUT2D eigenvalue weighted by molar-refractivity contribution is 0.631. The Labute approximate surface area is 139 Å². The van der Waals surface area contributed by atoms with Crippen molar-refractivity contribution >= 4 is 11.4 Å². The maximum atomic E-state index is 14.3. The number of nitriles is 2. The first-order valence-electron chi connectivity index (χ1n) is 7.28. The molecule has 0 aromatic heterocycles. The van der Waals surface area contributed by atoms with E-state index in [0.717, 1.165) is 22.9 Å². The van der Waals surface area contributed by atoms with Crippen molar-refractivity contribution in [3.05, 3.63) is 83.7 Å². The molecule has 0 heterocycles. The molecule has 24 heavy (non-hydrogen) atoms. The molecule has 3 nitrogen and oxygen atoms in total. The Balaban J connectivity index is 2.05. The minimum atomic E-state index is -0.576. The lowest BCUT2D eigenvalue weighted by Crippen LogP contribution is -1.98. The van der Waals surface area contributed by atoms with Gasteiger partial charge in [0.15, 0.2) is 0 Å². The van der Waals surface area contributed by atoms with Crippen LogP contribution < -0.4 is 5.32 Å². The molecule has 0 unspecified atom stereocenters. The number of anilines is 2. The average molecular weight is 313 g/mol. The Kier molecular flexibility index (Phi) is 4.23. The number of hydrogen-bond donors (Lipinski definition) is 1. The molecule has 114 valence electrons. The Morgan fingerprint density at radius 2 is 1.38 bits per heavy atom. The van der Waals surface area contributed by atoms with Gasteiger partial charge in [0.05, 0.1) is 16.8 Å². The number of halogens is 1. The van der Waals surface area contributed by atoms with Crippen LogP contribution in [0.1, 0.15) is 11.1 Å². The zero-order valence-corrected chi connectivity index (χ0v) is 12.6. The van der Waals surface area contributed by atoms with E-state index >= 15 is 0 Å². The fourth-order valence-electron chi connectivity index (χ4n) is 2.46. The summed E-state index contributed by atoms with van der Waals surface area (Å²) in [4.78, 5) is 0. The van der Waals surface area contributed by atoms with Crippen molar-refractivity contribution < 1.29 is 4.39 Å². The number of para-hydroxylation sites is 1. The van der Waals surface area contributed by atoms with Gasteiger partial charge in [-0.15, -0.1) is 0 Å². The molecule has 0 atom stereocenters. The zero-order chi connectivity index (χ0) is 16.9. The Morgan fingerprint density at radius 3 is 2.08 bits per heavy atom. The molecule has 0 fully saturated rings. The van der Waals surface area contributed by atoms with Crippen LogP contribution in [-0.2, 0) is 0 Å². The minimum absolute atomic E-state index is 0.0249. The molecule has 0 aliphatic carbocycles. The first kappa shape index (κ1) is 15.3. The van der Waals surface area contributed by atoms with Crippen LogP contribution in [0, 0.1) is 28.5 Å². The van der Waals surface area contributed by atoms with E-state index in [4.69, 9.17) is 10.5 Å². The molecule has 0 saturated heterocycles. The van der Waals surface area contributed by atoms with Crippen LogP contribution >= 0.6 is 0 Å². The van der Waals surface area contributed by atoms with E-state index < -0.39 is 5.82 Å². The van der Waals surface area contributed by atoms with Gasteiger partial charge in [-0.1, -0.05) is 48.5 Å². The van der Waals surface area contributed by atoms with E-state index in [1.807, 2.05) is 66.7 Å². The first-order chi connectivity index (χ1) is 11.7. The average Bonchev–Trinajstić information content (AvgIpc) is 2.64. The van der Waals surface area contributed by atoms with Gasteiger partial charge in [0.2, 0.25) is 0 Å². The lowest BCUT2D eigenvalue weighted by Gasteiger charge is -2.13. The Hall–Kier alpha value is -3.63. The second-order valence-electron chi connectivity index (χ2n) is 5.14. The van der Waals surface area contributed by atoms with Gasteiger partial charge in [0.25, 0.3) is 0 Å². The van der Waals surface area contributed by atoms with Crippen molar-refractivity contribution in [2.75, 3.05) is 5.32 Å².